The normalized spacial score (nSPS) is 21.4. The van der Waals surface area contributed by atoms with E-state index in [1.54, 1.807) is 18.3 Å². The summed E-state index contributed by atoms with van der Waals surface area (Å²) in [6, 6.07) is 3.58. The van der Waals surface area contributed by atoms with Crippen LogP contribution in [0.15, 0.2) is 18.3 Å². The molecule has 0 N–H and O–H groups in total. The molecular formula is C14H19N3O3. The third-order valence-electron chi connectivity index (χ3n) is 3.70. The van der Waals surface area contributed by atoms with Crippen molar-refractivity contribution in [3.63, 3.8) is 0 Å². The molecule has 1 aromatic rings. The molecule has 20 heavy (non-hydrogen) atoms. The maximum absolute atomic E-state index is 12.6. The van der Waals surface area contributed by atoms with Crippen LogP contribution in [0.5, 0.6) is 0 Å². The number of pyridine rings is 1. The van der Waals surface area contributed by atoms with E-state index in [2.05, 4.69) is 16.9 Å². The summed E-state index contributed by atoms with van der Waals surface area (Å²) in [5.41, 5.74) is 1.18. The number of carbonyl (C=O) groups excluding carboxylic acids is 1. The summed E-state index contributed by atoms with van der Waals surface area (Å²) >= 11 is 0. The first-order valence-electron chi connectivity index (χ1n) is 6.91. The predicted octanol–water partition coefficient (Wildman–Crippen LogP) is 0.515. The van der Waals surface area contributed by atoms with E-state index in [1.807, 2.05) is 4.90 Å². The van der Waals surface area contributed by atoms with Crippen LogP contribution in [-0.4, -0.2) is 67.1 Å². The van der Waals surface area contributed by atoms with Crippen LogP contribution >= 0.6 is 0 Å². The molecule has 2 aliphatic heterocycles. The van der Waals surface area contributed by atoms with Crippen LogP contribution in [0.1, 0.15) is 22.3 Å². The van der Waals surface area contributed by atoms with E-state index >= 15 is 0 Å². The van der Waals surface area contributed by atoms with Gasteiger partial charge in [0.2, 0.25) is 6.29 Å². The lowest BCUT2D eigenvalue weighted by Crippen LogP contribution is -2.47. The van der Waals surface area contributed by atoms with Crippen molar-refractivity contribution in [2.45, 2.75) is 6.29 Å². The van der Waals surface area contributed by atoms with E-state index in [-0.39, 0.29) is 5.91 Å². The summed E-state index contributed by atoms with van der Waals surface area (Å²) in [7, 11) is 2.07. The number of rotatable bonds is 2. The fraction of sp³-hybridized carbons (Fsp3) is 0.571. The van der Waals surface area contributed by atoms with Gasteiger partial charge in [0.25, 0.3) is 5.91 Å². The average Bonchev–Trinajstić information content (AvgIpc) is 3.01. The molecule has 6 nitrogen and oxygen atoms in total. The topological polar surface area (TPSA) is 54.9 Å². The zero-order chi connectivity index (χ0) is 13.9. The third-order valence-corrected chi connectivity index (χ3v) is 3.70. The number of hydrogen-bond donors (Lipinski definition) is 0. The highest BCUT2D eigenvalue weighted by Gasteiger charge is 2.28. The molecule has 0 saturated carbocycles. The molecule has 0 aliphatic carbocycles. The summed E-state index contributed by atoms with van der Waals surface area (Å²) in [5, 5.41) is 0. The fourth-order valence-corrected chi connectivity index (χ4v) is 2.48. The molecule has 1 aromatic heterocycles. The number of hydrogen-bond acceptors (Lipinski definition) is 5. The largest absolute Gasteiger partial charge is 0.345 e. The lowest BCUT2D eigenvalue weighted by atomic mass is 10.1. The molecule has 6 heteroatoms. The molecule has 0 bridgehead atoms. The van der Waals surface area contributed by atoms with E-state index in [4.69, 9.17) is 9.47 Å². The van der Waals surface area contributed by atoms with Crippen molar-refractivity contribution in [2.24, 2.45) is 0 Å². The molecular weight excluding hydrogens is 258 g/mol. The van der Waals surface area contributed by atoms with Gasteiger partial charge in [-0.3, -0.25) is 9.78 Å². The molecule has 0 aromatic carbocycles. The van der Waals surface area contributed by atoms with Crippen molar-refractivity contribution < 1.29 is 14.3 Å². The number of ether oxygens (including phenoxy) is 2. The molecule has 2 aliphatic rings. The molecule has 2 saturated heterocycles. The molecule has 0 radical (unpaired) electrons. The van der Waals surface area contributed by atoms with Crippen molar-refractivity contribution in [1.82, 2.24) is 14.8 Å². The second-order valence-electron chi connectivity index (χ2n) is 5.11. The Morgan fingerprint density at radius 3 is 2.65 bits per heavy atom. The predicted molar refractivity (Wildman–Crippen MR) is 72.3 cm³/mol. The van der Waals surface area contributed by atoms with Crippen molar-refractivity contribution in [3.8, 4) is 0 Å². The van der Waals surface area contributed by atoms with Crippen LogP contribution in [0.4, 0.5) is 0 Å². The minimum absolute atomic E-state index is 0.0142. The first-order chi connectivity index (χ1) is 9.75. The Kier molecular flexibility index (Phi) is 3.95. The van der Waals surface area contributed by atoms with Gasteiger partial charge >= 0.3 is 0 Å². The van der Waals surface area contributed by atoms with Crippen LogP contribution in [0.2, 0.25) is 0 Å². The van der Waals surface area contributed by atoms with Gasteiger partial charge in [0.15, 0.2) is 0 Å². The zero-order valence-electron chi connectivity index (χ0n) is 11.6. The van der Waals surface area contributed by atoms with Crippen LogP contribution in [0.25, 0.3) is 0 Å². The van der Waals surface area contributed by atoms with E-state index in [0.29, 0.717) is 24.5 Å². The van der Waals surface area contributed by atoms with Crippen LogP contribution < -0.4 is 0 Å². The Morgan fingerprint density at radius 1 is 1.25 bits per heavy atom. The Morgan fingerprint density at radius 2 is 1.95 bits per heavy atom. The van der Waals surface area contributed by atoms with Crippen LogP contribution in [0.3, 0.4) is 0 Å². The highest BCUT2D eigenvalue weighted by molar-refractivity contribution is 5.95. The Balaban J connectivity index is 1.80. The van der Waals surface area contributed by atoms with Crippen molar-refractivity contribution in [3.05, 3.63) is 29.6 Å². The molecule has 0 atom stereocenters. The van der Waals surface area contributed by atoms with Crippen LogP contribution in [-0.2, 0) is 9.47 Å². The molecule has 0 unspecified atom stereocenters. The Hall–Kier alpha value is -1.50. The lowest BCUT2D eigenvalue weighted by molar-refractivity contribution is -0.0479. The van der Waals surface area contributed by atoms with Gasteiger partial charge in [0, 0.05) is 32.4 Å². The lowest BCUT2D eigenvalue weighted by Gasteiger charge is -2.32. The van der Waals surface area contributed by atoms with E-state index in [9.17, 15) is 4.79 Å². The summed E-state index contributed by atoms with van der Waals surface area (Å²) in [6.45, 7) is 4.38. The summed E-state index contributed by atoms with van der Waals surface area (Å²) in [6.07, 6.45) is 1.16. The summed E-state index contributed by atoms with van der Waals surface area (Å²) in [5.74, 6) is 0.0142. The monoisotopic (exact) mass is 277 g/mol. The molecule has 2 fully saturated rings. The molecule has 0 spiro atoms. The summed E-state index contributed by atoms with van der Waals surface area (Å²) < 4.78 is 10.9. The van der Waals surface area contributed by atoms with E-state index in [1.165, 1.54) is 0 Å². The van der Waals surface area contributed by atoms with Gasteiger partial charge in [0.05, 0.1) is 18.8 Å². The summed E-state index contributed by atoms with van der Waals surface area (Å²) in [4.78, 5) is 21.0. The number of likely N-dealkylation sites (N-methyl/N-ethyl adjacent to an activating group) is 1. The highest BCUT2D eigenvalue weighted by Crippen LogP contribution is 2.25. The van der Waals surface area contributed by atoms with Gasteiger partial charge in [-0.05, 0) is 19.2 Å². The Labute approximate surface area is 118 Å². The van der Waals surface area contributed by atoms with Gasteiger partial charge in [-0.2, -0.15) is 0 Å². The SMILES string of the molecule is CN1CCN(C(=O)c2cccnc2C2OCCO2)CC1. The van der Waals surface area contributed by atoms with Gasteiger partial charge < -0.3 is 19.3 Å². The second kappa shape index (κ2) is 5.87. The van der Waals surface area contributed by atoms with Gasteiger partial charge in [-0.15, -0.1) is 0 Å². The number of carbonyl (C=O) groups is 1. The van der Waals surface area contributed by atoms with E-state index < -0.39 is 6.29 Å². The maximum Gasteiger partial charge on any atom is 0.255 e. The molecule has 108 valence electrons. The number of nitrogens with zero attached hydrogens (tertiary/aromatic N) is 3. The van der Waals surface area contributed by atoms with Gasteiger partial charge in [-0.25, -0.2) is 0 Å². The number of aromatic nitrogens is 1. The fourth-order valence-electron chi connectivity index (χ4n) is 2.48. The average molecular weight is 277 g/mol. The molecule has 3 rings (SSSR count). The quantitative estimate of drug-likeness (QED) is 0.788. The standard InChI is InChI=1S/C14H19N3O3/c1-16-5-7-17(8-6-16)13(18)11-3-2-4-15-12(11)14-19-9-10-20-14/h2-4,14H,5-10H2,1H3. The van der Waals surface area contributed by atoms with Gasteiger partial charge in [0.1, 0.15) is 5.69 Å². The number of amides is 1. The Bertz CT molecular complexity index is 480. The van der Waals surface area contributed by atoms with Crippen molar-refractivity contribution in [2.75, 3.05) is 46.4 Å². The van der Waals surface area contributed by atoms with Crippen LogP contribution in [0, 0.1) is 0 Å². The maximum atomic E-state index is 12.6. The first-order valence-corrected chi connectivity index (χ1v) is 6.91. The molecule has 3 heterocycles. The van der Waals surface area contributed by atoms with Crippen molar-refractivity contribution >= 4 is 5.91 Å². The highest BCUT2D eigenvalue weighted by atomic mass is 16.7. The molecule has 1 amide bonds. The smallest absolute Gasteiger partial charge is 0.255 e. The minimum atomic E-state index is -0.511. The third kappa shape index (κ3) is 2.67. The van der Waals surface area contributed by atoms with E-state index in [0.717, 1.165) is 26.2 Å². The van der Waals surface area contributed by atoms with Gasteiger partial charge in [-0.1, -0.05) is 0 Å². The first kappa shape index (κ1) is 13.5. The van der Waals surface area contributed by atoms with Crippen molar-refractivity contribution in [1.29, 1.82) is 0 Å². The zero-order valence-corrected chi connectivity index (χ0v) is 11.6. The second-order valence-corrected chi connectivity index (χ2v) is 5.11. The number of piperazine rings is 1. The minimum Gasteiger partial charge on any atom is -0.345 e.